The first-order chi connectivity index (χ1) is 14.8. The number of benzene rings is 2. The number of rotatable bonds is 6. The standard InChI is InChI=1S/C23H23IN2O5/c1-15(27)26-12-10-17(11-13-26)22(28)25-20(23(29)30)14-16-6-8-18(9-7-16)31-21-5-3-2-4-19(21)24/h2-9,14,17H,10-13H2,1H3,(H,25,28)(H,29,30). The van der Waals surface area contributed by atoms with Crippen LogP contribution in [0, 0.1) is 9.49 Å². The van der Waals surface area contributed by atoms with E-state index in [1.54, 1.807) is 29.2 Å². The number of carbonyl (C=O) groups excluding carboxylic acids is 2. The fraction of sp³-hybridized carbons (Fsp3) is 0.261. The summed E-state index contributed by atoms with van der Waals surface area (Å²) >= 11 is 2.19. The molecule has 3 rings (SSSR count). The maximum absolute atomic E-state index is 12.5. The van der Waals surface area contributed by atoms with Crippen LogP contribution in [0.15, 0.2) is 54.2 Å². The normalized spacial score (nSPS) is 14.8. The van der Waals surface area contributed by atoms with Crippen molar-refractivity contribution in [3.8, 4) is 11.5 Å². The van der Waals surface area contributed by atoms with Gasteiger partial charge in [-0.1, -0.05) is 24.3 Å². The number of piperidine rings is 1. The van der Waals surface area contributed by atoms with Crippen molar-refractivity contribution in [2.75, 3.05) is 13.1 Å². The van der Waals surface area contributed by atoms with Gasteiger partial charge in [-0.15, -0.1) is 0 Å². The number of amides is 2. The second-order valence-electron chi connectivity index (χ2n) is 7.23. The summed E-state index contributed by atoms with van der Waals surface area (Å²) in [5.74, 6) is -0.522. The van der Waals surface area contributed by atoms with E-state index in [9.17, 15) is 19.5 Å². The zero-order valence-electron chi connectivity index (χ0n) is 17.0. The van der Waals surface area contributed by atoms with Crippen LogP contribution in [0.4, 0.5) is 0 Å². The number of aliphatic carboxylic acids is 1. The SMILES string of the molecule is CC(=O)N1CCC(C(=O)NC(=Cc2ccc(Oc3ccccc3I)cc2)C(=O)O)CC1. The molecule has 2 amide bonds. The molecular weight excluding hydrogens is 511 g/mol. The minimum Gasteiger partial charge on any atom is -0.477 e. The highest BCUT2D eigenvalue weighted by atomic mass is 127. The molecule has 1 heterocycles. The lowest BCUT2D eigenvalue weighted by atomic mass is 9.95. The molecular formula is C23H23IN2O5. The van der Waals surface area contributed by atoms with Crippen molar-refractivity contribution in [1.29, 1.82) is 0 Å². The highest BCUT2D eigenvalue weighted by molar-refractivity contribution is 14.1. The van der Waals surface area contributed by atoms with Crippen molar-refractivity contribution in [2.45, 2.75) is 19.8 Å². The van der Waals surface area contributed by atoms with E-state index in [-0.39, 0.29) is 23.4 Å². The van der Waals surface area contributed by atoms with Crippen LogP contribution < -0.4 is 10.1 Å². The van der Waals surface area contributed by atoms with Crippen molar-refractivity contribution in [3.63, 3.8) is 0 Å². The summed E-state index contributed by atoms with van der Waals surface area (Å²) in [5.41, 5.74) is 0.435. The van der Waals surface area contributed by atoms with Gasteiger partial charge in [0.1, 0.15) is 17.2 Å². The number of para-hydroxylation sites is 1. The zero-order chi connectivity index (χ0) is 22.4. The van der Waals surface area contributed by atoms with Gasteiger partial charge in [-0.05, 0) is 71.3 Å². The van der Waals surface area contributed by atoms with Crippen LogP contribution >= 0.6 is 22.6 Å². The highest BCUT2D eigenvalue weighted by Gasteiger charge is 2.27. The van der Waals surface area contributed by atoms with Gasteiger partial charge in [0.2, 0.25) is 11.8 Å². The number of halogens is 1. The molecule has 0 aromatic heterocycles. The summed E-state index contributed by atoms with van der Waals surface area (Å²) in [6, 6.07) is 14.6. The first-order valence-electron chi connectivity index (χ1n) is 9.87. The third-order valence-electron chi connectivity index (χ3n) is 5.05. The molecule has 8 heteroatoms. The van der Waals surface area contributed by atoms with E-state index in [1.165, 1.54) is 13.0 Å². The predicted octanol–water partition coefficient (Wildman–Crippen LogP) is 3.88. The smallest absolute Gasteiger partial charge is 0.352 e. The van der Waals surface area contributed by atoms with Gasteiger partial charge in [-0.3, -0.25) is 9.59 Å². The van der Waals surface area contributed by atoms with Gasteiger partial charge >= 0.3 is 5.97 Å². The van der Waals surface area contributed by atoms with E-state index < -0.39 is 5.97 Å². The summed E-state index contributed by atoms with van der Waals surface area (Å²) in [4.78, 5) is 37.3. The topological polar surface area (TPSA) is 95.9 Å². The maximum Gasteiger partial charge on any atom is 0.352 e. The number of nitrogens with one attached hydrogen (secondary N) is 1. The molecule has 0 radical (unpaired) electrons. The second kappa shape index (κ2) is 10.4. The van der Waals surface area contributed by atoms with E-state index in [4.69, 9.17) is 4.74 Å². The molecule has 1 aliphatic rings. The Balaban J connectivity index is 1.65. The van der Waals surface area contributed by atoms with Crippen LogP contribution in [0.25, 0.3) is 6.08 Å². The van der Waals surface area contributed by atoms with Crippen molar-refractivity contribution < 1.29 is 24.2 Å². The third kappa shape index (κ3) is 6.30. The van der Waals surface area contributed by atoms with Gasteiger partial charge in [0.05, 0.1) is 3.57 Å². The fourth-order valence-electron chi connectivity index (χ4n) is 3.30. The number of ether oxygens (including phenoxy) is 1. The Morgan fingerprint density at radius 1 is 1.10 bits per heavy atom. The lowest BCUT2D eigenvalue weighted by Crippen LogP contribution is -2.42. The summed E-state index contributed by atoms with van der Waals surface area (Å²) in [7, 11) is 0. The van der Waals surface area contributed by atoms with E-state index in [2.05, 4.69) is 27.9 Å². The Kier molecular flexibility index (Phi) is 7.67. The first kappa shape index (κ1) is 22.8. The minimum atomic E-state index is -1.21. The van der Waals surface area contributed by atoms with Crippen LogP contribution in [0.2, 0.25) is 0 Å². The number of nitrogens with zero attached hydrogens (tertiary/aromatic N) is 1. The molecule has 0 atom stereocenters. The quantitative estimate of drug-likeness (QED) is 0.434. The van der Waals surface area contributed by atoms with Gasteiger partial charge < -0.3 is 20.1 Å². The van der Waals surface area contributed by atoms with Crippen molar-refractivity contribution in [1.82, 2.24) is 10.2 Å². The minimum absolute atomic E-state index is 0.0145. The van der Waals surface area contributed by atoms with Crippen LogP contribution in [0.5, 0.6) is 11.5 Å². The van der Waals surface area contributed by atoms with Gasteiger partial charge in [0.25, 0.3) is 0 Å². The summed E-state index contributed by atoms with van der Waals surface area (Å²) in [6.07, 6.45) is 2.45. The second-order valence-corrected chi connectivity index (χ2v) is 8.40. The van der Waals surface area contributed by atoms with E-state index in [0.717, 1.165) is 9.32 Å². The fourth-order valence-corrected chi connectivity index (χ4v) is 3.79. The van der Waals surface area contributed by atoms with Crippen LogP contribution in [-0.2, 0) is 14.4 Å². The zero-order valence-corrected chi connectivity index (χ0v) is 19.2. The number of carboxylic acid groups (broad SMARTS) is 1. The Morgan fingerprint density at radius 2 is 1.74 bits per heavy atom. The number of hydrogen-bond donors (Lipinski definition) is 2. The monoisotopic (exact) mass is 534 g/mol. The third-order valence-corrected chi connectivity index (χ3v) is 5.95. The summed E-state index contributed by atoms with van der Waals surface area (Å²) < 4.78 is 6.82. The molecule has 2 N–H and O–H groups in total. The molecule has 2 aromatic rings. The van der Waals surface area contributed by atoms with Gasteiger partial charge in [-0.25, -0.2) is 4.79 Å². The van der Waals surface area contributed by atoms with Crippen molar-refractivity contribution in [3.05, 3.63) is 63.4 Å². The average molecular weight is 534 g/mol. The molecule has 162 valence electrons. The molecule has 0 bridgehead atoms. The molecule has 0 saturated carbocycles. The Bertz CT molecular complexity index is 995. The summed E-state index contributed by atoms with van der Waals surface area (Å²) in [6.45, 7) is 2.51. The van der Waals surface area contributed by atoms with E-state index in [0.29, 0.717) is 37.2 Å². The molecule has 1 aliphatic heterocycles. The molecule has 7 nitrogen and oxygen atoms in total. The van der Waals surface area contributed by atoms with Gasteiger partial charge in [0.15, 0.2) is 0 Å². The van der Waals surface area contributed by atoms with E-state index in [1.807, 2.05) is 24.3 Å². The predicted molar refractivity (Wildman–Crippen MR) is 124 cm³/mol. The molecule has 0 unspecified atom stereocenters. The molecule has 0 aliphatic carbocycles. The van der Waals surface area contributed by atoms with E-state index >= 15 is 0 Å². The Labute approximate surface area is 194 Å². The first-order valence-corrected chi connectivity index (χ1v) is 10.9. The highest BCUT2D eigenvalue weighted by Crippen LogP contribution is 2.27. The van der Waals surface area contributed by atoms with Crippen molar-refractivity contribution in [2.24, 2.45) is 5.92 Å². The van der Waals surface area contributed by atoms with Gasteiger partial charge in [-0.2, -0.15) is 0 Å². The van der Waals surface area contributed by atoms with Crippen molar-refractivity contribution >= 4 is 46.5 Å². The summed E-state index contributed by atoms with van der Waals surface area (Å²) in [5, 5.41) is 12.0. The maximum atomic E-state index is 12.5. The van der Waals surface area contributed by atoms with Crippen LogP contribution in [-0.4, -0.2) is 40.9 Å². The van der Waals surface area contributed by atoms with Crippen LogP contribution in [0.3, 0.4) is 0 Å². The number of hydrogen-bond acceptors (Lipinski definition) is 4. The Hall–Kier alpha value is -2.88. The lowest BCUT2D eigenvalue weighted by Gasteiger charge is -2.30. The largest absolute Gasteiger partial charge is 0.477 e. The molecule has 0 spiro atoms. The number of carbonyl (C=O) groups is 3. The lowest BCUT2D eigenvalue weighted by molar-refractivity contribution is -0.136. The number of likely N-dealkylation sites (tertiary alicyclic amines) is 1. The molecule has 31 heavy (non-hydrogen) atoms. The van der Waals surface area contributed by atoms with Gasteiger partial charge in [0, 0.05) is 25.9 Å². The van der Waals surface area contributed by atoms with Crippen LogP contribution in [0.1, 0.15) is 25.3 Å². The molecule has 1 fully saturated rings. The Morgan fingerprint density at radius 3 is 2.32 bits per heavy atom. The number of carboxylic acids is 1. The average Bonchev–Trinajstić information content (AvgIpc) is 2.76. The molecule has 2 aromatic carbocycles. The molecule has 1 saturated heterocycles.